The van der Waals surface area contributed by atoms with Crippen LogP contribution in [0.3, 0.4) is 0 Å². The van der Waals surface area contributed by atoms with Crippen molar-refractivity contribution in [3.05, 3.63) is 50.5 Å². The van der Waals surface area contributed by atoms with Gasteiger partial charge in [0.15, 0.2) is 6.61 Å². The number of hydrogen-bond acceptors (Lipinski definition) is 7. The number of aryl methyl sites for hydroxylation is 1. The number of unbranched alkanes of at least 4 members (excludes halogenated alkanes) is 7. The Bertz CT molecular complexity index is 1040. The van der Waals surface area contributed by atoms with Crippen LogP contribution in [0.4, 0.5) is 0 Å². The van der Waals surface area contributed by atoms with Gasteiger partial charge in [0.2, 0.25) is 0 Å². The number of carbonyl (C=O) groups excluding carboxylic acids is 1. The molecule has 37 heavy (non-hydrogen) atoms. The van der Waals surface area contributed by atoms with Gasteiger partial charge in [0.25, 0.3) is 5.91 Å². The summed E-state index contributed by atoms with van der Waals surface area (Å²) in [5.74, 6) is 6.42. The molecule has 0 bridgehead atoms. The van der Waals surface area contributed by atoms with Gasteiger partial charge in [0.1, 0.15) is 11.4 Å². The van der Waals surface area contributed by atoms with Gasteiger partial charge in [-0.05, 0) is 70.3 Å². The van der Waals surface area contributed by atoms with E-state index < -0.39 is 0 Å². The summed E-state index contributed by atoms with van der Waals surface area (Å²) < 4.78 is 5.58. The Morgan fingerprint density at radius 2 is 1.84 bits per heavy atom. The average Bonchev–Trinajstić information content (AvgIpc) is 3.32. The van der Waals surface area contributed by atoms with Crippen molar-refractivity contribution in [3.8, 4) is 17.6 Å². The highest BCUT2D eigenvalue weighted by molar-refractivity contribution is 7.09. The number of rotatable bonds is 18. The maximum atomic E-state index is 12.1. The lowest BCUT2D eigenvalue weighted by molar-refractivity contribution is -0.123. The van der Waals surface area contributed by atoms with Crippen LogP contribution >= 0.6 is 11.3 Å². The number of pyridine rings is 1. The molecule has 0 spiro atoms. The van der Waals surface area contributed by atoms with Gasteiger partial charge in [-0.3, -0.25) is 9.78 Å². The smallest absolute Gasteiger partial charge is 0.257 e. The Morgan fingerprint density at radius 1 is 1.11 bits per heavy atom. The fraction of sp³-hybridized carbons (Fsp3) is 0.593. The highest BCUT2D eigenvalue weighted by Gasteiger charge is 2.04. The Kier molecular flexibility index (Phi) is 15.5. The second-order valence-electron chi connectivity index (χ2n) is 8.99. The van der Waals surface area contributed by atoms with Crippen molar-refractivity contribution < 1.29 is 9.53 Å². The number of amides is 1. The van der Waals surface area contributed by atoms with Crippen LogP contribution in [0, 0.1) is 18.8 Å². The quantitative estimate of drug-likeness (QED) is 0.0907. The molecule has 10 heteroatoms. The van der Waals surface area contributed by atoms with Gasteiger partial charge in [-0.25, -0.2) is 4.98 Å². The molecule has 1 amide bonds. The predicted octanol–water partition coefficient (Wildman–Crippen LogP) is 5.49. The van der Waals surface area contributed by atoms with E-state index in [1.807, 2.05) is 12.3 Å². The molecule has 0 aromatic carbocycles. The number of carbonyl (C=O) groups is 1. The molecule has 2 heterocycles. The van der Waals surface area contributed by atoms with Crippen LogP contribution in [-0.4, -0.2) is 60.6 Å². The molecule has 9 nitrogen and oxygen atoms in total. The molecule has 1 N–H and O–H groups in total. The zero-order valence-corrected chi connectivity index (χ0v) is 22.9. The lowest BCUT2D eigenvalue weighted by Crippen LogP contribution is -2.29. The van der Waals surface area contributed by atoms with E-state index >= 15 is 0 Å². The zero-order valence-electron chi connectivity index (χ0n) is 22.1. The number of azide groups is 1. The van der Waals surface area contributed by atoms with Crippen molar-refractivity contribution in [2.24, 2.45) is 5.11 Å². The number of hydrogen-bond donors (Lipinski definition) is 1. The largest absolute Gasteiger partial charge is 0.482 e. The van der Waals surface area contributed by atoms with E-state index in [2.05, 4.69) is 49.1 Å². The molecule has 200 valence electrons. The first-order chi connectivity index (χ1) is 18.1. The number of ether oxygens (including phenoxy) is 1. The molecule has 0 saturated heterocycles. The van der Waals surface area contributed by atoms with E-state index in [1.54, 1.807) is 29.8 Å². The van der Waals surface area contributed by atoms with Crippen LogP contribution in [0.25, 0.3) is 10.4 Å². The highest BCUT2D eigenvalue weighted by Crippen LogP contribution is 2.11. The van der Waals surface area contributed by atoms with E-state index in [9.17, 15) is 4.79 Å². The maximum absolute atomic E-state index is 12.1. The first-order valence-electron chi connectivity index (χ1n) is 13.0. The average molecular weight is 526 g/mol. The van der Waals surface area contributed by atoms with Gasteiger partial charge in [-0.2, -0.15) is 0 Å². The first-order valence-corrected chi connectivity index (χ1v) is 13.9. The summed E-state index contributed by atoms with van der Waals surface area (Å²) in [5.41, 5.74) is 9.70. The van der Waals surface area contributed by atoms with E-state index in [1.165, 1.54) is 25.7 Å². The van der Waals surface area contributed by atoms with Crippen molar-refractivity contribution in [2.75, 3.05) is 39.8 Å². The number of aromatic nitrogens is 2. The van der Waals surface area contributed by atoms with Gasteiger partial charge >= 0.3 is 0 Å². The summed E-state index contributed by atoms with van der Waals surface area (Å²) in [7, 11) is 2.18. The van der Waals surface area contributed by atoms with Gasteiger partial charge in [-0.1, -0.05) is 43.1 Å². The van der Waals surface area contributed by atoms with Crippen LogP contribution in [0.15, 0.2) is 29.0 Å². The highest BCUT2D eigenvalue weighted by atomic mass is 32.1. The standard InChI is InChI=1S/C27H39N7O2S/c1-23-32-25(22-37-23)13-12-24-18-26(20-29-19-24)36-21-27(35)30-14-8-7-11-17-34(2)16-10-6-4-3-5-9-15-31-33-28/h18-20,22H,3-11,14-17,21H2,1-2H3,(H,30,35). The van der Waals surface area contributed by atoms with Crippen molar-refractivity contribution in [3.63, 3.8) is 0 Å². The van der Waals surface area contributed by atoms with E-state index in [0.717, 1.165) is 55.9 Å². The maximum Gasteiger partial charge on any atom is 0.257 e. The molecule has 2 aromatic rings. The third-order valence-electron chi connectivity index (χ3n) is 5.69. The number of nitrogens with zero attached hydrogens (tertiary/aromatic N) is 6. The Balaban J connectivity index is 1.47. The second kappa shape index (κ2) is 19.1. The molecule has 0 saturated carbocycles. The molecule has 0 aliphatic heterocycles. The van der Waals surface area contributed by atoms with Crippen LogP contribution in [-0.2, 0) is 4.79 Å². The summed E-state index contributed by atoms with van der Waals surface area (Å²) in [6, 6.07) is 1.78. The predicted molar refractivity (Wildman–Crippen MR) is 149 cm³/mol. The van der Waals surface area contributed by atoms with Crippen molar-refractivity contribution in [1.82, 2.24) is 20.2 Å². The first kappa shape index (κ1) is 30.1. The van der Waals surface area contributed by atoms with Crippen molar-refractivity contribution in [1.29, 1.82) is 0 Å². The molecule has 0 radical (unpaired) electrons. The van der Waals surface area contributed by atoms with Crippen molar-refractivity contribution >= 4 is 17.2 Å². The van der Waals surface area contributed by atoms with Gasteiger partial charge < -0.3 is 15.0 Å². The van der Waals surface area contributed by atoms with Crippen LogP contribution in [0.5, 0.6) is 5.75 Å². The zero-order chi connectivity index (χ0) is 26.6. The molecule has 0 aliphatic rings. The Hall–Kier alpha value is -3.12. The topological polar surface area (TPSA) is 116 Å². The SMILES string of the molecule is Cc1nc(C#Cc2cncc(OCC(=O)NCCCCCN(C)CCCCCCCCN=[N+]=[N-])c2)cs1. The van der Waals surface area contributed by atoms with Crippen molar-refractivity contribution in [2.45, 2.75) is 64.7 Å². The third kappa shape index (κ3) is 14.9. The van der Waals surface area contributed by atoms with Gasteiger partial charge in [0, 0.05) is 35.1 Å². The monoisotopic (exact) mass is 525 g/mol. The third-order valence-corrected chi connectivity index (χ3v) is 6.46. The minimum atomic E-state index is -0.135. The van der Waals surface area contributed by atoms with Gasteiger partial charge in [0.05, 0.1) is 11.2 Å². The van der Waals surface area contributed by atoms with Crippen LogP contribution in [0.2, 0.25) is 0 Å². The molecule has 2 rings (SSSR count). The molecule has 0 atom stereocenters. The van der Waals surface area contributed by atoms with Crippen LogP contribution < -0.4 is 10.1 Å². The van der Waals surface area contributed by atoms with E-state index in [4.69, 9.17) is 10.3 Å². The second-order valence-corrected chi connectivity index (χ2v) is 10.1. The number of thiazole rings is 1. The van der Waals surface area contributed by atoms with Gasteiger partial charge in [-0.15, -0.1) is 11.3 Å². The normalized spacial score (nSPS) is 10.5. The lowest BCUT2D eigenvalue weighted by Gasteiger charge is -2.16. The summed E-state index contributed by atoms with van der Waals surface area (Å²) >= 11 is 1.56. The Labute approximate surface area is 224 Å². The van der Waals surface area contributed by atoms with Crippen LogP contribution in [0.1, 0.15) is 74.1 Å². The summed E-state index contributed by atoms with van der Waals surface area (Å²) in [6.07, 6.45) is 13.5. The molecule has 0 fully saturated rings. The fourth-order valence-electron chi connectivity index (χ4n) is 3.66. The minimum Gasteiger partial charge on any atom is -0.482 e. The molecular formula is C27H39N7O2S. The molecular weight excluding hydrogens is 486 g/mol. The van der Waals surface area contributed by atoms with E-state index in [0.29, 0.717) is 24.4 Å². The molecule has 0 aliphatic carbocycles. The summed E-state index contributed by atoms with van der Waals surface area (Å²) in [4.78, 5) is 25.7. The summed E-state index contributed by atoms with van der Waals surface area (Å²) in [5, 5.41) is 9.38. The minimum absolute atomic E-state index is 0.0413. The Morgan fingerprint density at radius 3 is 2.57 bits per heavy atom. The fourth-order valence-corrected chi connectivity index (χ4v) is 4.21. The number of nitrogens with one attached hydrogen (secondary N) is 1. The summed E-state index contributed by atoms with van der Waals surface area (Å²) in [6.45, 7) is 5.38. The lowest BCUT2D eigenvalue weighted by atomic mass is 10.1. The molecule has 0 unspecified atom stereocenters. The molecule has 2 aromatic heterocycles. The van der Waals surface area contributed by atoms with E-state index in [-0.39, 0.29) is 12.5 Å².